The van der Waals surface area contributed by atoms with E-state index in [0.29, 0.717) is 5.56 Å². The molecule has 0 amide bonds. The normalized spacial score (nSPS) is 11.1. The second-order valence-electron chi connectivity index (χ2n) is 3.99. The van der Waals surface area contributed by atoms with Crippen LogP contribution in [0.1, 0.15) is 28.8 Å². The third kappa shape index (κ3) is 3.61. The third-order valence-electron chi connectivity index (χ3n) is 2.52. The van der Waals surface area contributed by atoms with Crippen LogP contribution in [0, 0.1) is 6.92 Å². The molecule has 1 aromatic rings. The van der Waals surface area contributed by atoms with Crippen molar-refractivity contribution in [3.05, 3.63) is 35.4 Å². The van der Waals surface area contributed by atoms with Gasteiger partial charge in [-0.2, -0.15) is 8.78 Å². The van der Waals surface area contributed by atoms with Gasteiger partial charge in [0, 0.05) is 18.4 Å². The second-order valence-corrected chi connectivity index (χ2v) is 3.99. The predicted octanol–water partition coefficient (Wildman–Crippen LogP) is 2.77. The summed E-state index contributed by atoms with van der Waals surface area (Å²) < 4.78 is 30.2. The summed E-state index contributed by atoms with van der Waals surface area (Å²) >= 11 is 0. The van der Waals surface area contributed by atoms with Gasteiger partial charge in [0.25, 0.3) is 0 Å². The van der Waals surface area contributed by atoms with Crippen molar-refractivity contribution < 1.29 is 23.1 Å². The summed E-state index contributed by atoms with van der Waals surface area (Å²) in [6.45, 7) is 1.86. The number of esters is 1. The molecule has 0 aromatic heterocycles. The van der Waals surface area contributed by atoms with Gasteiger partial charge in [0.2, 0.25) is 0 Å². The number of rotatable bonds is 5. The maximum absolute atomic E-state index is 13.1. The van der Waals surface area contributed by atoms with Crippen LogP contribution in [-0.2, 0) is 9.53 Å². The van der Waals surface area contributed by atoms with Crippen LogP contribution in [0.4, 0.5) is 8.78 Å². The predicted molar refractivity (Wildman–Crippen MR) is 61.7 cm³/mol. The molecule has 0 spiro atoms. The first-order valence-electron chi connectivity index (χ1n) is 5.43. The van der Waals surface area contributed by atoms with E-state index in [0.717, 1.165) is 12.7 Å². The van der Waals surface area contributed by atoms with E-state index >= 15 is 0 Å². The van der Waals surface area contributed by atoms with Crippen molar-refractivity contribution in [1.29, 1.82) is 0 Å². The van der Waals surface area contributed by atoms with E-state index in [4.69, 9.17) is 0 Å². The molecule has 18 heavy (non-hydrogen) atoms. The second kappa shape index (κ2) is 5.71. The number of carbonyl (C=O) groups is 2. The summed E-state index contributed by atoms with van der Waals surface area (Å²) in [6.07, 6.45) is -1.24. The number of alkyl halides is 2. The highest BCUT2D eigenvalue weighted by molar-refractivity contribution is 5.96. The number of methoxy groups -OCH3 is 1. The molecule has 0 saturated heterocycles. The molecule has 0 bridgehead atoms. The van der Waals surface area contributed by atoms with Crippen LogP contribution in [0.3, 0.4) is 0 Å². The fourth-order valence-corrected chi connectivity index (χ4v) is 1.41. The summed E-state index contributed by atoms with van der Waals surface area (Å²) in [4.78, 5) is 22.4. The van der Waals surface area contributed by atoms with Gasteiger partial charge < -0.3 is 4.74 Å². The molecule has 1 rings (SSSR count). The topological polar surface area (TPSA) is 43.4 Å². The summed E-state index contributed by atoms with van der Waals surface area (Å²) in [5.74, 6) is -5.65. The van der Waals surface area contributed by atoms with E-state index < -0.39 is 30.5 Å². The van der Waals surface area contributed by atoms with E-state index in [1.165, 1.54) is 0 Å². The molecule has 0 atom stereocenters. The number of halogens is 2. The SMILES string of the molecule is COC(=O)C(F)(F)CCC(=O)c1ccc(C)cc1. The first-order valence-corrected chi connectivity index (χ1v) is 5.43. The first kappa shape index (κ1) is 14.3. The van der Waals surface area contributed by atoms with Gasteiger partial charge in [-0.15, -0.1) is 0 Å². The van der Waals surface area contributed by atoms with Gasteiger partial charge in [-0.05, 0) is 6.92 Å². The monoisotopic (exact) mass is 256 g/mol. The Labute approximate surface area is 104 Å². The lowest BCUT2D eigenvalue weighted by atomic mass is 10.0. The number of aryl methyl sites for hydroxylation is 1. The van der Waals surface area contributed by atoms with Crippen molar-refractivity contribution in [1.82, 2.24) is 0 Å². The number of carbonyl (C=O) groups excluding carboxylic acids is 2. The van der Waals surface area contributed by atoms with E-state index in [1.54, 1.807) is 24.3 Å². The third-order valence-corrected chi connectivity index (χ3v) is 2.52. The maximum Gasteiger partial charge on any atom is 0.376 e. The fourth-order valence-electron chi connectivity index (χ4n) is 1.41. The number of hydrogen-bond acceptors (Lipinski definition) is 3. The van der Waals surface area contributed by atoms with Crippen molar-refractivity contribution in [2.45, 2.75) is 25.7 Å². The van der Waals surface area contributed by atoms with Crippen molar-refractivity contribution >= 4 is 11.8 Å². The number of benzene rings is 1. The maximum atomic E-state index is 13.1. The minimum absolute atomic E-state index is 0.362. The van der Waals surface area contributed by atoms with Crippen LogP contribution in [0.25, 0.3) is 0 Å². The lowest BCUT2D eigenvalue weighted by Crippen LogP contribution is -2.30. The minimum atomic E-state index is -3.62. The molecular weight excluding hydrogens is 242 g/mol. The highest BCUT2D eigenvalue weighted by Gasteiger charge is 2.40. The first-order chi connectivity index (χ1) is 8.36. The molecule has 3 nitrogen and oxygen atoms in total. The Morgan fingerprint density at radius 1 is 1.22 bits per heavy atom. The molecule has 0 aliphatic rings. The number of ketones is 1. The van der Waals surface area contributed by atoms with Crippen molar-refractivity contribution in [3.63, 3.8) is 0 Å². The lowest BCUT2D eigenvalue weighted by Gasteiger charge is -2.12. The molecule has 0 aliphatic carbocycles. The zero-order valence-corrected chi connectivity index (χ0v) is 10.2. The Bertz CT molecular complexity index is 438. The van der Waals surface area contributed by atoms with Gasteiger partial charge in [-0.1, -0.05) is 29.8 Å². The molecule has 1 aromatic carbocycles. The molecule has 98 valence electrons. The summed E-state index contributed by atoms with van der Waals surface area (Å²) in [7, 11) is 0.887. The van der Waals surface area contributed by atoms with Crippen molar-refractivity contribution in [3.8, 4) is 0 Å². The molecule has 5 heteroatoms. The average molecular weight is 256 g/mol. The highest BCUT2D eigenvalue weighted by Crippen LogP contribution is 2.23. The van der Waals surface area contributed by atoms with Crippen molar-refractivity contribution in [2.75, 3.05) is 7.11 Å². The molecule has 0 saturated carbocycles. The Balaban J connectivity index is 2.61. The number of Topliss-reactive ketones (excluding diaryl/α,β-unsaturated/α-hetero) is 1. The molecule has 0 heterocycles. The fraction of sp³-hybridized carbons (Fsp3) is 0.385. The van der Waals surface area contributed by atoms with Gasteiger partial charge in [0.1, 0.15) is 0 Å². The van der Waals surface area contributed by atoms with E-state index in [9.17, 15) is 18.4 Å². The Kier molecular flexibility index (Phi) is 4.53. The van der Waals surface area contributed by atoms with Crippen LogP contribution < -0.4 is 0 Å². The molecular formula is C13H14F2O3. The summed E-state index contributed by atoms with van der Waals surface area (Å²) in [5, 5.41) is 0. The average Bonchev–Trinajstić information content (AvgIpc) is 2.35. The van der Waals surface area contributed by atoms with Crippen molar-refractivity contribution in [2.24, 2.45) is 0 Å². The van der Waals surface area contributed by atoms with Gasteiger partial charge in [-0.25, -0.2) is 4.79 Å². The van der Waals surface area contributed by atoms with Crippen LogP contribution in [0.5, 0.6) is 0 Å². The molecule has 0 radical (unpaired) electrons. The molecule has 0 N–H and O–H groups in total. The zero-order chi connectivity index (χ0) is 13.8. The summed E-state index contributed by atoms with van der Waals surface area (Å²) in [6, 6.07) is 6.61. The number of hydrogen-bond donors (Lipinski definition) is 0. The van der Waals surface area contributed by atoms with Gasteiger partial charge in [-0.3, -0.25) is 4.79 Å². The van der Waals surface area contributed by atoms with Gasteiger partial charge >= 0.3 is 11.9 Å². The Hall–Kier alpha value is -1.78. The smallest absolute Gasteiger partial charge is 0.376 e. The lowest BCUT2D eigenvalue weighted by molar-refractivity contribution is -0.169. The van der Waals surface area contributed by atoms with Crippen LogP contribution in [0.2, 0.25) is 0 Å². The summed E-state index contributed by atoms with van der Waals surface area (Å²) in [5.41, 5.74) is 1.34. The highest BCUT2D eigenvalue weighted by atomic mass is 19.3. The van der Waals surface area contributed by atoms with Gasteiger partial charge in [0.05, 0.1) is 7.11 Å². The molecule has 0 aliphatic heterocycles. The molecule has 0 fully saturated rings. The molecule has 0 unspecified atom stereocenters. The van der Waals surface area contributed by atoms with E-state index in [-0.39, 0.29) is 0 Å². The quantitative estimate of drug-likeness (QED) is 0.601. The van der Waals surface area contributed by atoms with Crippen LogP contribution >= 0.6 is 0 Å². The van der Waals surface area contributed by atoms with Crippen LogP contribution in [-0.4, -0.2) is 24.8 Å². The number of ether oxygens (including phenoxy) is 1. The van der Waals surface area contributed by atoms with E-state index in [1.807, 2.05) is 6.92 Å². The Morgan fingerprint density at radius 3 is 2.28 bits per heavy atom. The Morgan fingerprint density at radius 2 is 1.78 bits per heavy atom. The minimum Gasteiger partial charge on any atom is -0.465 e. The van der Waals surface area contributed by atoms with Gasteiger partial charge in [0.15, 0.2) is 5.78 Å². The standard InChI is InChI=1S/C13H14F2O3/c1-9-3-5-10(6-4-9)11(16)7-8-13(14,15)12(17)18-2/h3-6H,7-8H2,1-2H3. The van der Waals surface area contributed by atoms with Crippen LogP contribution in [0.15, 0.2) is 24.3 Å². The largest absolute Gasteiger partial charge is 0.465 e. The zero-order valence-electron chi connectivity index (χ0n) is 10.2. The van der Waals surface area contributed by atoms with E-state index in [2.05, 4.69) is 4.74 Å².